The van der Waals surface area contributed by atoms with E-state index < -0.39 is 11.6 Å². The second-order valence-electron chi connectivity index (χ2n) is 4.93. The quantitative estimate of drug-likeness (QED) is 0.829. The third-order valence-electron chi connectivity index (χ3n) is 3.50. The molecule has 2 nitrogen and oxygen atoms in total. The molecule has 0 amide bonds. The summed E-state index contributed by atoms with van der Waals surface area (Å²) in [5, 5.41) is 12.3. The van der Waals surface area contributed by atoms with E-state index in [1.54, 1.807) is 6.92 Å². The van der Waals surface area contributed by atoms with E-state index in [4.69, 9.17) is 5.11 Å². The van der Waals surface area contributed by atoms with E-state index in [1.165, 1.54) is 6.07 Å². The lowest BCUT2D eigenvalue weighted by Crippen LogP contribution is -2.29. The van der Waals surface area contributed by atoms with E-state index in [9.17, 15) is 8.78 Å². The fourth-order valence-corrected chi connectivity index (χ4v) is 1.89. The Hall–Kier alpha value is -1.00. The van der Waals surface area contributed by atoms with E-state index in [1.807, 2.05) is 0 Å². The van der Waals surface area contributed by atoms with Crippen molar-refractivity contribution in [2.24, 2.45) is 5.41 Å². The van der Waals surface area contributed by atoms with Gasteiger partial charge in [-0.2, -0.15) is 0 Å². The molecule has 0 radical (unpaired) electrons. The van der Waals surface area contributed by atoms with Crippen molar-refractivity contribution in [2.45, 2.75) is 25.8 Å². The van der Waals surface area contributed by atoms with Crippen molar-refractivity contribution in [3.8, 4) is 0 Å². The Labute approximate surface area is 99.7 Å². The van der Waals surface area contributed by atoms with Crippen LogP contribution in [0.1, 0.15) is 31.4 Å². The van der Waals surface area contributed by atoms with Gasteiger partial charge in [0.15, 0.2) is 0 Å². The second-order valence-corrected chi connectivity index (χ2v) is 4.93. The summed E-state index contributed by atoms with van der Waals surface area (Å²) in [6.45, 7) is 2.59. The van der Waals surface area contributed by atoms with Crippen LogP contribution in [0.3, 0.4) is 0 Å². The van der Waals surface area contributed by atoms with Crippen LogP contribution in [0.4, 0.5) is 8.78 Å². The summed E-state index contributed by atoms with van der Waals surface area (Å²) in [5.74, 6) is -0.835. The van der Waals surface area contributed by atoms with Crippen LogP contribution in [0, 0.1) is 17.0 Å². The van der Waals surface area contributed by atoms with Crippen LogP contribution in [-0.2, 0) is 0 Å². The highest BCUT2D eigenvalue weighted by atomic mass is 19.1. The number of hydrogen-bond donors (Lipinski definition) is 2. The third-order valence-corrected chi connectivity index (χ3v) is 3.50. The van der Waals surface area contributed by atoms with Gasteiger partial charge in [-0.3, -0.25) is 0 Å². The average Bonchev–Trinajstić information content (AvgIpc) is 3.10. The van der Waals surface area contributed by atoms with Gasteiger partial charge < -0.3 is 10.4 Å². The van der Waals surface area contributed by atoms with Gasteiger partial charge in [-0.15, -0.1) is 0 Å². The van der Waals surface area contributed by atoms with Crippen LogP contribution in [-0.4, -0.2) is 18.3 Å². The van der Waals surface area contributed by atoms with Crippen LogP contribution < -0.4 is 5.32 Å². The van der Waals surface area contributed by atoms with E-state index in [-0.39, 0.29) is 18.1 Å². The molecule has 1 atom stereocenters. The second kappa shape index (κ2) is 4.70. The number of benzene rings is 1. The van der Waals surface area contributed by atoms with Crippen molar-refractivity contribution in [1.82, 2.24) is 5.32 Å². The largest absolute Gasteiger partial charge is 0.396 e. The molecule has 0 aromatic heterocycles. The standard InChI is InChI=1S/C13H17F2NO/c1-9(16-7-13(8-17)4-5-13)11-6-10(14)2-3-12(11)15/h2-3,6,9,16-17H,4-5,7-8H2,1H3. The third kappa shape index (κ3) is 2.82. The predicted molar refractivity (Wildman–Crippen MR) is 61.5 cm³/mol. The SMILES string of the molecule is CC(NCC1(CO)CC1)c1cc(F)ccc1F. The molecule has 1 fully saturated rings. The van der Waals surface area contributed by atoms with Gasteiger partial charge >= 0.3 is 0 Å². The van der Waals surface area contributed by atoms with Gasteiger partial charge in [0, 0.05) is 30.2 Å². The van der Waals surface area contributed by atoms with E-state index in [0.29, 0.717) is 12.1 Å². The van der Waals surface area contributed by atoms with Crippen LogP contribution in [0.25, 0.3) is 0 Å². The highest BCUT2D eigenvalue weighted by molar-refractivity contribution is 5.22. The molecule has 17 heavy (non-hydrogen) atoms. The van der Waals surface area contributed by atoms with Gasteiger partial charge in [-0.25, -0.2) is 8.78 Å². The minimum absolute atomic E-state index is 0.0297. The molecule has 0 saturated heterocycles. The molecule has 1 aliphatic rings. The van der Waals surface area contributed by atoms with Crippen molar-refractivity contribution >= 4 is 0 Å². The molecule has 4 heteroatoms. The van der Waals surface area contributed by atoms with E-state index >= 15 is 0 Å². The first kappa shape index (κ1) is 12.5. The van der Waals surface area contributed by atoms with Crippen LogP contribution in [0.2, 0.25) is 0 Å². The molecule has 94 valence electrons. The van der Waals surface area contributed by atoms with Gasteiger partial charge in [-0.1, -0.05) is 0 Å². The molecule has 1 saturated carbocycles. The maximum Gasteiger partial charge on any atom is 0.128 e. The Bertz CT molecular complexity index is 404. The Morgan fingerprint density at radius 3 is 2.71 bits per heavy atom. The molecular formula is C13H17F2NO. The van der Waals surface area contributed by atoms with E-state index in [2.05, 4.69) is 5.32 Å². The number of nitrogens with one attached hydrogen (secondary N) is 1. The van der Waals surface area contributed by atoms with E-state index in [0.717, 1.165) is 25.0 Å². The minimum atomic E-state index is -0.432. The Morgan fingerprint density at radius 2 is 2.12 bits per heavy atom. The van der Waals surface area contributed by atoms with Crippen molar-refractivity contribution < 1.29 is 13.9 Å². The van der Waals surface area contributed by atoms with Crippen molar-refractivity contribution in [1.29, 1.82) is 0 Å². The minimum Gasteiger partial charge on any atom is -0.396 e. The van der Waals surface area contributed by atoms with Crippen molar-refractivity contribution in [3.63, 3.8) is 0 Å². The Balaban J connectivity index is 1.99. The maximum atomic E-state index is 13.5. The number of hydrogen-bond acceptors (Lipinski definition) is 2. The molecule has 1 aliphatic carbocycles. The maximum absolute atomic E-state index is 13.5. The number of aliphatic hydroxyl groups is 1. The van der Waals surface area contributed by atoms with Gasteiger partial charge in [-0.05, 0) is 38.0 Å². The molecule has 1 unspecified atom stereocenters. The molecule has 0 spiro atoms. The van der Waals surface area contributed by atoms with Gasteiger partial charge in [0.05, 0.1) is 0 Å². The number of halogens is 2. The summed E-state index contributed by atoms with van der Waals surface area (Å²) in [4.78, 5) is 0. The first-order valence-electron chi connectivity index (χ1n) is 5.85. The summed E-state index contributed by atoms with van der Waals surface area (Å²) in [6.07, 6.45) is 1.99. The highest BCUT2D eigenvalue weighted by Crippen LogP contribution is 2.44. The van der Waals surface area contributed by atoms with Crippen molar-refractivity contribution in [2.75, 3.05) is 13.2 Å². The summed E-state index contributed by atoms with van der Waals surface area (Å²) in [7, 11) is 0. The van der Waals surface area contributed by atoms with Crippen molar-refractivity contribution in [3.05, 3.63) is 35.4 Å². The predicted octanol–water partition coefficient (Wildman–Crippen LogP) is 2.39. The summed E-state index contributed by atoms with van der Waals surface area (Å²) in [6, 6.07) is 3.21. The molecule has 0 aliphatic heterocycles. The zero-order valence-electron chi connectivity index (χ0n) is 9.84. The monoisotopic (exact) mass is 241 g/mol. The Kier molecular flexibility index (Phi) is 3.45. The zero-order chi connectivity index (χ0) is 12.5. The smallest absolute Gasteiger partial charge is 0.128 e. The lowest BCUT2D eigenvalue weighted by Gasteiger charge is -2.19. The molecule has 1 aromatic rings. The summed E-state index contributed by atoms with van der Waals surface area (Å²) >= 11 is 0. The van der Waals surface area contributed by atoms with Crippen LogP contribution in [0.5, 0.6) is 0 Å². The first-order chi connectivity index (χ1) is 8.06. The highest BCUT2D eigenvalue weighted by Gasteiger charge is 2.41. The zero-order valence-corrected chi connectivity index (χ0v) is 9.84. The van der Waals surface area contributed by atoms with Crippen LogP contribution in [0.15, 0.2) is 18.2 Å². The topological polar surface area (TPSA) is 32.3 Å². The summed E-state index contributed by atoms with van der Waals surface area (Å²) < 4.78 is 26.5. The lowest BCUT2D eigenvalue weighted by atomic mass is 10.0. The summed E-state index contributed by atoms with van der Waals surface area (Å²) in [5.41, 5.74) is 0.302. The molecule has 0 heterocycles. The van der Waals surface area contributed by atoms with Gasteiger partial charge in [0.25, 0.3) is 0 Å². The van der Waals surface area contributed by atoms with Crippen LogP contribution >= 0.6 is 0 Å². The first-order valence-corrected chi connectivity index (χ1v) is 5.85. The van der Waals surface area contributed by atoms with Gasteiger partial charge in [0.1, 0.15) is 11.6 Å². The van der Waals surface area contributed by atoms with Gasteiger partial charge in [0.2, 0.25) is 0 Å². The number of aliphatic hydroxyl groups excluding tert-OH is 1. The molecule has 2 rings (SSSR count). The molecule has 1 aromatic carbocycles. The fourth-order valence-electron chi connectivity index (χ4n) is 1.89. The number of rotatable bonds is 5. The lowest BCUT2D eigenvalue weighted by molar-refractivity contribution is 0.204. The molecule has 0 bridgehead atoms. The average molecular weight is 241 g/mol. The molecule has 2 N–H and O–H groups in total. The fraction of sp³-hybridized carbons (Fsp3) is 0.538. The Morgan fingerprint density at radius 1 is 1.41 bits per heavy atom. The molecular weight excluding hydrogens is 224 g/mol. The normalized spacial score (nSPS) is 19.1.